The van der Waals surface area contributed by atoms with E-state index in [-0.39, 0.29) is 5.69 Å². The summed E-state index contributed by atoms with van der Waals surface area (Å²) < 4.78 is 41.9. The molecule has 0 unspecified atom stereocenters. The number of anilines is 1. The Hall–Kier alpha value is -3.53. The first-order valence-corrected chi connectivity index (χ1v) is 10.3. The van der Waals surface area contributed by atoms with Crippen LogP contribution in [0.15, 0.2) is 48.8 Å². The quantitative estimate of drug-likeness (QED) is 0.527. The van der Waals surface area contributed by atoms with Gasteiger partial charge in [0.25, 0.3) is 6.43 Å². The number of halogens is 3. The summed E-state index contributed by atoms with van der Waals surface area (Å²) in [5.41, 5.74) is 1.61. The molecule has 10 heteroatoms. The van der Waals surface area contributed by atoms with Crippen LogP contribution in [0, 0.1) is 5.82 Å². The summed E-state index contributed by atoms with van der Waals surface area (Å²) >= 11 is 0. The number of pyridine rings is 3. The number of rotatable bonds is 4. The van der Waals surface area contributed by atoms with Crippen LogP contribution in [0.2, 0.25) is 0 Å². The molecule has 0 aromatic carbocycles. The summed E-state index contributed by atoms with van der Waals surface area (Å²) in [5, 5.41) is 3.47. The van der Waals surface area contributed by atoms with Crippen molar-refractivity contribution >= 4 is 17.0 Å². The van der Waals surface area contributed by atoms with Crippen LogP contribution in [0.5, 0.6) is 0 Å². The molecule has 4 aromatic rings. The highest BCUT2D eigenvalue weighted by Crippen LogP contribution is 2.32. The van der Waals surface area contributed by atoms with Gasteiger partial charge in [-0.15, -0.1) is 0 Å². The minimum atomic E-state index is -2.71. The van der Waals surface area contributed by atoms with Gasteiger partial charge in [0.1, 0.15) is 28.5 Å². The number of alkyl halides is 2. The number of aromatic nitrogens is 5. The van der Waals surface area contributed by atoms with Gasteiger partial charge < -0.3 is 10.2 Å². The summed E-state index contributed by atoms with van der Waals surface area (Å²) in [5.74, 6) is 0.730. The van der Waals surface area contributed by atoms with Crippen molar-refractivity contribution in [2.24, 2.45) is 0 Å². The highest BCUT2D eigenvalue weighted by atomic mass is 19.3. The van der Waals surface area contributed by atoms with Gasteiger partial charge in [-0.1, -0.05) is 0 Å². The van der Waals surface area contributed by atoms with E-state index in [9.17, 15) is 13.2 Å². The van der Waals surface area contributed by atoms with Crippen LogP contribution in [-0.2, 0) is 0 Å². The average molecular weight is 437 g/mol. The minimum absolute atomic E-state index is 0.346. The maximum Gasteiger partial charge on any atom is 0.280 e. The van der Waals surface area contributed by atoms with E-state index < -0.39 is 12.2 Å². The Labute approximate surface area is 181 Å². The largest absolute Gasteiger partial charge is 0.351 e. The molecule has 0 amide bonds. The Morgan fingerprint density at radius 3 is 2.69 bits per heavy atom. The molecule has 162 valence electrons. The average Bonchev–Trinajstić information content (AvgIpc) is 3.53. The molecule has 32 heavy (non-hydrogen) atoms. The number of nitrogens with zero attached hydrogens (tertiary/aromatic N) is 6. The second-order valence-electron chi connectivity index (χ2n) is 8.03. The fourth-order valence-corrected chi connectivity index (χ4v) is 4.57. The SMILES string of the molecule is Fc1ccc(-c2nc3ccc(N4C[C@H]5C[C@@H]4CN5)nc3n2-c2ccnc(C(F)F)c2)nc1. The van der Waals surface area contributed by atoms with Gasteiger partial charge in [0, 0.05) is 31.4 Å². The molecular formula is C22H18F3N7. The van der Waals surface area contributed by atoms with E-state index >= 15 is 0 Å². The Morgan fingerprint density at radius 1 is 1.06 bits per heavy atom. The van der Waals surface area contributed by atoms with Gasteiger partial charge in [0.2, 0.25) is 0 Å². The molecular weight excluding hydrogens is 419 g/mol. The van der Waals surface area contributed by atoms with Crippen LogP contribution >= 0.6 is 0 Å². The van der Waals surface area contributed by atoms with Gasteiger partial charge in [0.05, 0.1) is 11.9 Å². The van der Waals surface area contributed by atoms with Crippen molar-refractivity contribution < 1.29 is 13.2 Å². The third-order valence-corrected chi connectivity index (χ3v) is 6.04. The molecule has 6 heterocycles. The second kappa shape index (κ2) is 7.27. The molecule has 2 aliphatic rings. The number of fused-ring (bicyclic) bond motifs is 3. The van der Waals surface area contributed by atoms with E-state index in [1.54, 1.807) is 10.6 Å². The van der Waals surface area contributed by atoms with Crippen LogP contribution in [0.1, 0.15) is 18.5 Å². The summed E-state index contributed by atoms with van der Waals surface area (Å²) in [6.45, 7) is 1.78. The lowest BCUT2D eigenvalue weighted by Crippen LogP contribution is -2.44. The van der Waals surface area contributed by atoms with Gasteiger partial charge in [-0.2, -0.15) is 0 Å². The first kappa shape index (κ1) is 19.2. The molecule has 1 N–H and O–H groups in total. The molecule has 0 saturated carbocycles. The zero-order chi connectivity index (χ0) is 21.8. The monoisotopic (exact) mass is 437 g/mol. The van der Waals surface area contributed by atoms with E-state index in [1.807, 2.05) is 12.1 Å². The standard InChI is InChI=1S/C22H18F3N7/c23-12-1-2-16(28-9-12)21-29-17-3-4-19(31-11-13-7-15(31)10-27-13)30-22(17)32(21)14-5-6-26-18(8-14)20(24)25/h1-6,8-9,13,15,20,27H,7,10-11H2/t13-,15-/m1/s1. The molecule has 0 spiro atoms. The normalized spacial score (nSPS) is 20.1. The predicted molar refractivity (Wildman–Crippen MR) is 112 cm³/mol. The lowest BCUT2D eigenvalue weighted by molar-refractivity contribution is 0.146. The Kier molecular flexibility index (Phi) is 4.35. The molecule has 7 nitrogen and oxygen atoms in total. The van der Waals surface area contributed by atoms with E-state index in [1.165, 1.54) is 24.4 Å². The third kappa shape index (κ3) is 3.10. The van der Waals surface area contributed by atoms with Crippen LogP contribution in [0.25, 0.3) is 28.4 Å². The summed E-state index contributed by atoms with van der Waals surface area (Å²) in [4.78, 5) is 19.7. The lowest BCUT2D eigenvalue weighted by atomic mass is 10.2. The summed E-state index contributed by atoms with van der Waals surface area (Å²) in [6, 6.07) is 10.4. The van der Waals surface area contributed by atoms with E-state index in [2.05, 4.69) is 25.2 Å². The number of piperazine rings is 1. The molecule has 2 aliphatic heterocycles. The highest BCUT2D eigenvalue weighted by molar-refractivity contribution is 5.81. The summed E-state index contributed by atoms with van der Waals surface area (Å²) in [6.07, 6.45) is 0.794. The minimum Gasteiger partial charge on any atom is -0.351 e. The molecule has 0 radical (unpaired) electrons. The van der Waals surface area contributed by atoms with Crippen molar-refractivity contribution in [2.45, 2.75) is 24.9 Å². The van der Waals surface area contributed by atoms with Crippen molar-refractivity contribution in [3.63, 3.8) is 0 Å². The van der Waals surface area contributed by atoms with Gasteiger partial charge in [-0.25, -0.2) is 28.1 Å². The molecule has 6 rings (SSSR count). The number of nitrogens with one attached hydrogen (secondary N) is 1. The van der Waals surface area contributed by atoms with E-state index in [0.717, 1.165) is 31.5 Å². The molecule has 2 fully saturated rings. The Morgan fingerprint density at radius 2 is 1.97 bits per heavy atom. The van der Waals surface area contributed by atoms with Crippen molar-refractivity contribution in [2.75, 3.05) is 18.0 Å². The fourth-order valence-electron chi connectivity index (χ4n) is 4.57. The smallest absolute Gasteiger partial charge is 0.280 e. The van der Waals surface area contributed by atoms with Crippen molar-refractivity contribution in [1.29, 1.82) is 0 Å². The van der Waals surface area contributed by atoms with Gasteiger partial charge in [-0.3, -0.25) is 9.55 Å². The van der Waals surface area contributed by atoms with Gasteiger partial charge in [0.15, 0.2) is 11.5 Å². The predicted octanol–water partition coefficient (Wildman–Crippen LogP) is 3.50. The van der Waals surface area contributed by atoms with Crippen LogP contribution < -0.4 is 10.2 Å². The van der Waals surface area contributed by atoms with Crippen molar-refractivity contribution in [3.05, 3.63) is 60.3 Å². The van der Waals surface area contributed by atoms with Crippen LogP contribution in [-0.4, -0.2) is 49.7 Å². The van der Waals surface area contributed by atoms with Gasteiger partial charge >= 0.3 is 0 Å². The molecule has 0 aliphatic carbocycles. The van der Waals surface area contributed by atoms with Crippen LogP contribution in [0.4, 0.5) is 19.0 Å². The zero-order valence-electron chi connectivity index (χ0n) is 16.8. The van der Waals surface area contributed by atoms with E-state index in [4.69, 9.17) is 4.98 Å². The Balaban J connectivity index is 1.55. The van der Waals surface area contributed by atoms with Crippen molar-refractivity contribution in [1.82, 2.24) is 29.8 Å². The number of hydrogen-bond donors (Lipinski definition) is 1. The maximum absolute atomic E-state index is 13.5. The lowest BCUT2D eigenvalue weighted by Gasteiger charge is -2.28. The molecule has 2 atom stereocenters. The first-order chi connectivity index (χ1) is 15.6. The molecule has 4 aromatic heterocycles. The Bertz CT molecular complexity index is 1300. The van der Waals surface area contributed by atoms with Crippen LogP contribution in [0.3, 0.4) is 0 Å². The fraction of sp³-hybridized carbons (Fsp3) is 0.273. The third-order valence-electron chi connectivity index (χ3n) is 6.04. The van der Waals surface area contributed by atoms with Crippen molar-refractivity contribution in [3.8, 4) is 17.2 Å². The second-order valence-corrected chi connectivity index (χ2v) is 8.03. The highest BCUT2D eigenvalue weighted by Gasteiger charge is 2.38. The molecule has 2 bridgehead atoms. The zero-order valence-corrected chi connectivity index (χ0v) is 16.8. The maximum atomic E-state index is 13.5. The number of imidazole rings is 1. The molecule has 2 saturated heterocycles. The number of hydrogen-bond acceptors (Lipinski definition) is 6. The first-order valence-electron chi connectivity index (χ1n) is 10.3. The summed E-state index contributed by atoms with van der Waals surface area (Å²) in [7, 11) is 0. The van der Waals surface area contributed by atoms with E-state index in [0.29, 0.717) is 40.5 Å². The topological polar surface area (TPSA) is 71.8 Å². The van der Waals surface area contributed by atoms with Gasteiger partial charge in [-0.05, 0) is 42.8 Å².